The number of aromatic nitrogens is 1. The second-order valence-corrected chi connectivity index (χ2v) is 5.60. The minimum absolute atomic E-state index is 0.192. The molecule has 0 aliphatic rings. The van der Waals surface area contributed by atoms with Crippen molar-refractivity contribution in [1.29, 1.82) is 0 Å². The third-order valence-corrected chi connectivity index (χ3v) is 4.07. The van der Waals surface area contributed by atoms with Gasteiger partial charge < -0.3 is 10.0 Å². The Labute approximate surface area is 135 Å². The second kappa shape index (κ2) is 7.38. The molecule has 1 heterocycles. The van der Waals surface area contributed by atoms with Gasteiger partial charge in [-0.15, -0.1) is 0 Å². The minimum atomic E-state index is -1.13. The number of benzene rings is 1. The highest BCUT2D eigenvalue weighted by molar-refractivity contribution is 6.31. The molecule has 1 amide bonds. The number of hydrogen-bond acceptors (Lipinski definition) is 3. The molecular weight excluding hydrogens is 300 g/mol. The van der Waals surface area contributed by atoms with Gasteiger partial charge in [-0.2, -0.15) is 0 Å². The summed E-state index contributed by atoms with van der Waals surface area (Å²) in [6.07, 6.45) is 0.748. The number of likely N-dealkylation sites (N-methyl/N-ethyl adjacent to an activating group) is 1. The van der Waals surface area contributed by atoms with Crippen molar-refractivity contribution >= 4 is 17.5 Å². The molecule has 2 rings (SSSR count). The lowest BCUT2D eigenvalue weighted by Gasteiger charge is -2.27. The number of pyridine rings is 1. The van der Waals surface area contributed by atoms with Crippen LogP contribution in [0.25, 0.3) is 0 Å². The summed E-state index contributed by atoms with van der Waals surface area (Å²) in [6.45, 7) is 1.88. The van der Waals surface area contributed by atoms with Crippen LogP contribution in [0.3, 0.4) is 0 Å². The van der Waals surface area contributed by atoms with Crippen LogP contribution in [0, 0.1) is 0 Å². The summed E-state index contributed by atoms with van der Waals surface area (Å²) in [5.74, 6) is -0.349. The number of halogens is 1. The van der Waals surface area contributed by atoms with Crippen molar-refractivity contribution in [3.8, 4) is 0 Å². The largest absolute Gasteiger partial charge is 0.383 e. The Hall–Kier alpha value is -1.91. The van der Waals surface area contributed by atoms with Crippen LogP contribution in [0.5, 0.6) is 0 Å². The zero-order chi connectivity index (χ0) is 16.1. The molecule has 22 heavy (non-hydrogen) atoms. The van der Waals surface area contributed by atoms with Crippen molar-refractivity contribution in [2.45, 2.75) is 25.5 Å². The van der Waals surface area contributed by atoms with Gasteiger partial charge in [0.2, 0.25) is 0 Å². The summed E-state index contributed by atoms with van der Waals surface area (Å²) >= 11 is 6.07. The number of carbonyl (C=O) groups is 1. The zero-order valence-electron chi connectivity index (χ0n) is 12.6. The first kappa shape index (κ1) is 16.5. The second-order valence-electron chi connectivity index (χ2n) is 5.19. The van der Waals surface area contributed by atoms with E-state index in [-0.39, 0.29) is 18.4 Å². The highest BCUT2D eigenvalue weighted by Gasteiger charge is 2.25. The molecule has 2 atom stereocenters. The van der Waals surface area contributed by atoms with Crippen LogP contribution in [0.2, 0.25) is 5.02 Å². The van der Waals surface area contributed by atoms with E-state index < -0.39 is 6.10 Å². The SMILES string of the molecule is C[C@@H](c1ccccn1)N(C)C(=O)[C@@H](O)Cc1ccccc1Cl. The summed E-state index contributed by atoms with van der Waals surface area (Å²) < 4.78 is 0. The molecule has 0 aliphatic carbocycles. The first-order valence-corrected chi connectivity index (χ1v) is 7.47. The van der Waals surface area contributed by atoms with Crippen molar-refractivity contribution < 1.29 is 9.90 Å². The number of amides is 1. The van der Waals surface area contributed by atoms with E-state index in [9.17, 15) is 9.90 Å². The molecule has 0 aliphatic heterocycles. The van der Waals surface area contributed by atoms with Crippen molar-refractivity contribution in [2.75, 3.05) is 7.05 Å². The van der Waals surface area contributed by atoms with Gasteiger partial charge in [0.1, 0.15) is 6.10 Å². The summed E-state index contributed by atoms with van der Waals surface area (Å²) in [6, 6.07) is 12.5. The van der Waals surface area contributed by atoms with Gasteiger partial charge in [0.15, 0.2) is 0 Å². The Morgan fingerprint density at radius 1 is 1.27 bits per heavy atom. The van der Waals surface area contributed by atoms with Crippen LogP contribution in [0.15, 0.2) is 48.7 Å². The van der Waals surface area contributed by atoms with Gasteiger partial charge in [0.25, 0.3) is 5.91 Å². The molecule has 1 aromatic carbocycles. The zero-order valence-corrected chi connectivity index (χ0v) is 13.4. The van der Waals surface area contributed by atoms with E-state index in [1.807, 2.05) is 37.3 Å². The van der Waals surface area contributed by atoms with Gasteiger partial charge in [-0.25, -0.2) is 0 Å². The first-order valence-electron chi connectivity index (χ1n) is 7.09. The maximum absolute atomic E-state index is 12.4. The fourth-order valence-electron chi connectivity index (χ4n) is 2.21. The summed E-state index contributed by atoms with van der Waals surface area (Å²) in [5.41, 5.74) is 1.53. The van der Waals surface area contributed by atoms with Crippen LogP contribution in [-0.4, -0.2) is 34.0 Å². The average molecular weight is 319 g/mol. The quantitative estimate of drug-likeness (QED) is 0.922. The molecule has 0 saturated heterocycles. The van der Waals surface area contributed by atoms with Gasteiger partial charge in [-0.1, -0.05) is 35.9 Å². The van der Waals surface area contributed by atoms with Crippen LogP contribution in [0.1, 0.15) is 24.2 Å². The number of nitrogens with zero attached hydrogens (tertiary/aromatic N) is 2. The van der Waals surface area contributed by atoms with Gasteiger partial charge in [-0.3, -0.25) is 9.78 Å². The number of aliphatic hydroxyl groups excluding tert-OH is 1. The Bertz CT molecular complexity index is 634. The summed E-state index contributed by atoms with van der Waals surface area (Å²) in [5, 5.41) is 10.7. The molecule has 0 bridgehead atoms. The van der Waals surface area contributed by atoms with Gasteiger partial charge in [-0.05, 0) is 30.7 Å². The number of hydrogen-bond donors (Lipinski definition) is 1. The van der Waals surface area contributed by atoms with Crippen molar-refractivity contribution in [1.82, 2.24) is 9.88 Å². The monoisotopic (exact) mass is 318 g/mol. The molecule has 1 N–H and O–H groups in total. The molecule has 1 aromatic heterocycles. The van der Waals surface area contributed by atoms with E-state index in [0.717, 1.165) is 11.3 Å². The minimum Gasteiger partial charge on any atom is -0.383 e. The maximum Gasteiger partial charge on any atom is 0.252 e. The van der Waals surface area contributed by atoms with Crippen molar-refractivity contribution in [2.24, 2.45) is 0 Å². The third-order valence-electron chi connectivity index (χ3n) is 3.70. The Kier molecular flexibility index (Phi) is 5.52. The molecule has 0 saturated carbocycles. The molecule has 0 radical (unpaired) electrons. The number of aliphatic hydroxyl groups is 1. The molecule has 5 heteroatoms. The Morgan fingerprint density at radius 2 is 1.95 bits per heavy atom. The Morgan fingerprint density at radius 3 is 2.59 bits per heavy atom. The highest BCUT2D eigenvalue weighted by Crippen LogP contribution is 2.20. The molecule has 116 valence electrons. The molecule has 0 spiro atoms. The van der Waals surface area contributed by atoms with Crippen LogP contribution < -0.4 is 0 Å². The number of rotatable bonds is 5. The maximum atomic E-state index is 12.4. The fraction of sp³-hybridized carbons (Fsp3) is 0.294. The van der Waals surface area contributed by atoms with Crippen molar-refractivity contribution in [3.63, 3.8) is 0 Å². The smallest absolute Gasteiger partial charge is 0.252 e. The summed E-state index contributed by atoms with van der Waals surface area (Å²) in [4.78, 5) is 18.1. The topological polar surface area (TPSA) is 53.4 Å². The van der Waals surface area contributed by atoms with Crippen molar-refractivity contribution in [3.05, 3.63) is 64.9 Å². The third kappa shape index (κ3) is 3.84. The van der Waals surface area contributed by atoms with E-state index in [1.54, 1.807) is 25.4 Å². The van der Waals surface area contributed by atoms with Crippen LogP contribution >= 0.6 is 11.6 Å². The van der Waals surface area contributed by atoms with Crippen LogP contribution in [-0.2, 0) is 11.2 Å². The standard InChI is InChI=1S/C17H19ClN2O2/c1-12(15-9-5-6-10-19-15)20(2)17(22)16(21)11-13-7-3-4-8-14(13)18/h3-10,12,16,21H,11H2,1-2H3/t12-,16-/m0/s1. The Balaban J connectivity index is 2.05. The van der Waals surface area contributed by atoms with Crippen LogP contribution in [0.4, 0.5) is 0 Å². The molecule has 0 fully saturated rings. The normalized spacial score (nSPS) is 13.5. The van der Waals surface area contributed by atoms with E-state index in [0.29, 0.717) is 5.02 Å². The van der Waals surface area contributed by atoms with E-state index in [1.165, 1.54) is 4.90 Å². The highest BCUT2D eigenvalue weighted by atomic mass is 35.5. The molecule has 0 unspecified atom stereocenters. The van der Waals surface area contributed by atoms with E-state index in [4.69, 9.17) is 11.6 Å². The fourth-order valence-corrected chi connectivity index (χ4v) is 2.42. The van der Waals surface area contributed by atoms with Gasteiger partial charge >= 0.3 is 0 Å². The summed E-state index contributed by atoms with van der Waals surface area (Å²) in [7, 11) is 1.66. The van der Waals surface area contributed by atoms with Gasteiger partial charge in [0, 0.05) is 24.7 Å². The average Bonchev–Trinajstić information content (AvgIpc) is 2.55. The lowest BCUT2D eigenvalue weighted by molar-refractivity contribution is -0.140. The van der Waals surface area contributed by atoms with E-state index in [2.05, 4.69) is 4.98 Å². The van der Waals surface area contributed by atoms with Gasteiger partial charge in [0.05, 0.1) is 11.7 Å². The molecular formula is C17H19ClN2O2. The lowest BCUT2D eigenvalue weighted by atomic mass is 10.1. The predicted octanol–water partition coefficient (Wildman–Crippen LogP) is 2.86. The molecule has 2 aromatic rings. The van der Waals surface area contributed by atoms with E-state index >= 15 is 0 Å². The lowest BCUT2D eigenvalue weighted by Crippen LogP contribution is -2.39. The number of carbonyl (C=O) groups excluding carboxylic acids is 1. The predicted molar refractivity (Wildman–Crippen MR) is 86.6 cm³/mol. The first-order chi connectivity index (χ1) is 10.5. The molecule has 4 nitrogen and oxygen atoms in total.